The van der Waals surface area contributed by atoms with Crippen molar-refractivity contribution in [3.8, 4) is 5.75 Å². The molecule has 0 saturated heterocycles. The van der Waals surface area contributed by atoms with Gasteiger partial charge in [0.05, 0.1) is 6.26 Å². The second-order valence-electron chi connectivity index (χ2n) is 3.38. The van der Waals surface area contributed by atoms with E-state index in [1.165, 1.54) is 16.3 Å². The number of hydrogen-bond donors (Lipinski definition) is 0. The summed E-state index contributed by atoms with van der Waals surface area (Å²) in [6.45, 7) is 0. The lowest BCUT2D eigenvalue weighted by Gasteiger charge is -2.13. The summed E-state index contributed by atoms with van der Waals surface area (Å²) in [5.41, 5.74) is 1.24. The third kappa shape index (κ3) is 1.02. The SMILES string of the molecule is [c]1cc2ccccc2c2c1OC=CC2. The highest BCUT2D eigenvalue weighted by atomic mass is 16.5. The van der Waals surface area contributed by atoms with Gasteiger partial charge in [0.1, 0.15) is 5.75 Å². The van der Waals surface area contributed by atoms with Gasteiger partial charge in [0.2, 0.25) is 0 Å². The number of ether oxygens (including phenoxy) is 1. The predicted molar refractivity (Wildman–Crippen MR) is 56.3 cm³/mol. The highest BCUT2D eigenvalue weighted by molar-refractivity contribution is 5.87. The molecular weight excluding hydrogens is 172 g/mol. The molecule has 0 bridgehead atoms. The molecule has 0 fully saturated rings. The number of allylic oxidation sites excluding steroid dienone is 1. The van der Waals surface area contributed by atoms with Gasteiger partial charge in [0, 0.05) is 11.6 Å². The molecule has 1 radical (unpaired) electrons. The Balaban J connectivity index is 2.37. The van der Waals surface area contributed by atoms with Crippen molar-refractivity contribution in [2.24, 2.45) is 0 Å². The maximum Gasteiger partial charge on any atom is 0.138 e. The molecule has 14 heavy (non-hydrogen) atoms. The Morgan fingerprint density at radius 3 is 3.14 bits per heavy atom. The van der Waals surface area contributed by atoms with Crippen LogP contribution in [0, 0.1) is 6.07 Å². The molecular formula is C13H9O. The Hall–Kier alpha value is -1.76. The topological polar surface area (TPSA) is 9.23 Å². The maximum atomic E-state index is 5.40. The van der Waals surface area contributed by atoms with E-state index in [-0.39, 0.29) is 0 Å². The van der Waals surface area contributed by atoms with Crippen LogP contribution in [0.2, 0.25) is 0 Å². The van der Waals surface area contributed by atoms with Crippen LogP contribution in [0.3, 0.4) is 0 Å². The molecule has 1 aliphatic rings. The van der Waals surface area contributed by atoms with E-state index in [9.17, 15) is 0 Å². The molecule has 1 aliphatic heterocycles. The van der Waals surface area contributed by atoms with Gasteiger partial charge in [-0.15, -0.1) is 0 Å². The van der Waals surface area contributed by atoms with Gasteiger partial charge in [-0.1, -0.05) is 24.3 Å². The molecule has 0 unspecified atom stereocenters. The van der Waals surface area contributed by atoms with Crippen molar-refractivity contribution in [1.29, 1.82) is 0 Å². The Kier molecular flexibility index (Phi) is 1.57. The Morgan fingerprint density at radius 1 is 1.21 bits per heavy atom. The van der Waals surface area contributed by atoms with Crippen molar-refractivity contribution in [3.05, 3.63) is 54.3 Å². The van der Waals surface area contributed by atoms with Crippen LogP contribution < -0.4 is 4.74 Å². The molecule has 0 aromatic heterocycles. The normalized spacial score (nSPS) is 13.7. The summed E-state index contributed by atoms with van der Waals surface area (Å²) in [6.07, 6.45) is 4.70. The van der Waals surface area contributed by atoms with Crippen molar-refractivity contribution in [3.63, 3.8) is 0 Å². The third-order valence-electron chi connectivity index (χ3n) is 2.52. The van der Waals surface area contributed by atoms with Crippen molar-refractivity contribution in [1.82, 2.24) is 0 Å². The molecule has 1 heterocycles. The fraction of sp³-hybridized carbons (Fsp3) is 0.0769. The number of rotatable bonds is 0. The minimum absolute atomic E-state index is 0.867. The van der Waals surface area contributed by atoms with Gasteiger partial charge in [-0.3, -0.25) is 0 Å². The lowest BCUT2D eigenvalue weighted by molar-refractivity contribution is 0.465. The first-order valence-corrected chi connectivity index (χ1v) is 4.69. The summed E-state index contributed by atoms with van der Waals surface area (Å²) in [5.74, 6) is 0.867. The minimum atomic E-state index is 0.867. The maximum absolute atomic E-state index is 5.40. The summed E-state index contributed by atoms with van der Waals surface area (Å²) in [6, 6.07) is 13.5. The largest absolute Gasteiger partial charge is 0.464 e. The fourth-order valence-corrected chi connectivity index (χ4v) is 1.84. The lowest BCUT2D eigenvalue weighted by Crippen LogP contribution is -1.97. The van der Waals surface area contributed by atoms with E-state index < -0.39 is 0 Å². The zero-order chi connectivity index (χ0) is 9.38. The van der Waals surface area contributed by atoms with E-state index in [1.807, 2.05) is 18.2 Å². The molecule has 2 aromatic rings. The molecule has 0 spiro atoms. The summed E-state index contributed by atoms with van der Waals surface area (Å²) < 4.78 is 5.40. The monoisotopic (exact) mass is 181 g/mol. The second-order valence-corrected chi connectivity index (χ2v) is 3.38. The van der Waals surface area contributed by atoms with Crippen molar-refractivity contribution < 1.29 is 4.74 Å². The molecule has 0 aliphatic carbocycles. The molecule has 0 atom stereocenters. The van der Waals surface area contributed by atoms with Gasteiger partial charge >= 0.3 is 0 Å². The van der Waals surface area contributed by atoms with Crippen LogP contribution in [0.15, 0.2) is 42.7 Å². The Bertz CT molecular complexity index is 512. The minimum Gasteiger partial charge on any atom is -0.464 e. The summed E-state index contributed by atoms with van der Waals surface area (Å²) in [4.78, 5) is 0. The zero-order valence-electron chi connectivity index (χ0n) is 7.66. The Morgan fingerprint density at radius 2 is 2.14 bits per heavy atom. The first-order chi connectivity index (χ1) is 6.95. The average molecular weight is 181 g/mol. The van der Waals surface area contributed by atoms with E-state index >= 15 is 0 Å². The summed E-state index contributed by atoms with van der Waals surface area (Å²) >= 11 is 0. The highest BCUT2D eigenvalue weighted by Crippen LogP contribution is 2.30. The van der Waals surface area contributed by atoms with Gasteiger partial charge in [0.25, 0.3) is 0 Å². The second kappa shape index (κ2) is 2.88. The zero-order valence-corrected chi connectivity index (χ0v) is 7.66. The van der Waals surface area contributed by atoms with Crippen molar-refractivity contribution in [2.75, 3.05) is 0 Å². The standard InChI is InChI=1S/C13H9O/c1-2-5-11-10(4-1)7-8-13-12(11)6-3-9-14-13/h1-5,7,9H,6H2. The molecule has 1 nitrogen and oxygen atoms in total. The van der Waals surface area contributed by atoms with Crippen LogP contribution in [-0.4, -0.2) is 0 Å². The highest BCUT2D eigenvalue weighted by Gasteiger charge is 2.09. The van der Waals surface area contributed by atoms with Crippen molar-refractivity contribution in [2.45, 2.75) is 6.42 Å². The van der Waals surface area contributed by atoms with Crippen molar-refractivity contribution >= 4 is 10.8 Å². The van der Waals surface area contributed by atoms with E-state index in [2.05, 4.69) is 24.3 Å². The molecule has 2 aromatic carbocycles. The number of benzene rings is 2. The molecule has 0 N–H and O–H groups in total. The fourth-order valence-electron chi connectivity index (χ4n) is 1.84. The molecule has 1 heteroatoms. The molecule has 0 saturated carbocycles. The summed E-state index contributed by atoms with van der Waals surface area (Å²) in [7, 11) is 0. The van der Waals surface area contributed by atoms with Crippen LogP contribution in [0.5, 0.6) is 5.75 Å². The quantitative estimate of drug-likeness (QED) is 0.606. The number of fused-ring (bicyclic) bond motifs is 3. The predicted octanol–water partition coefficient (Wildman–Crippen LogP) is 3.09. The first-order valence-electron chi connectivity index (χ1n) is 4.69. The van der Waals surface area contributed by atoms with Gasteiger partial charge in [0.15, 0.2) is 0 Å². The smallest absolute Gasteiger partial charge is 0.138 e. The molecule has 0 amide bonds. The summed E-state index contributed by atoms with van der Waals surface area (Å²) in [5, 5.41) is 2.50. The van der Waals surface area contributed by atoms with Crippen LogP contribution in [-0.2, 0) is 6.42 Å². The van der Waals surface area contributed by atoms with Gasteiger partial charge < -0.3 is 4.74 Å². The van der Waals surface area contributed by atoms with Crippen LogP contribution in [0.4, 0.5) is 0 Å². The molecule has 67 valence electrons. The van der Waals surface area contributed by atoms with E-state index in [4.69, 9.17) is 4.74 Å². The Labute approximate surface area is 82.6 Å². The van der Waals surface area contributed by atoms with Gasteiger partial charge in [-0.2, -0.15) is 0 Å². The van der Waals surface area contributed by atoms with Crippen LogP contribution in [0.25, 0.3) is 10.8 Å². The van der Waals surface area contributed by atoms with E-state index in [1.54, 1.807) is 6.26 Å². The van der Waals surface area contributed by atoms with E-state index in [0.717, 1.165) is 12.2 Å². The van der Waals surface area contributed by atoms with E-state index in [0.29, 0.717) is 0 Å². The van der Waals surface area contributed by atoms with Crippen LogP contribution >= 0.6 is 0 Å². The first kappa shape index (κ1) is 7.63. The molecule has 3 rings (SSSR count). The van der Waals surface area contributed by atoms with Crippen LogP contribution in [0.1, 0.15) is 5.56 Å². The van der Waals surface area contributed by atoms with Gasteiger partial charge in [-0.05, 0) is 29.3 Å². The number of hydrogen-bond acceptors (Lipinski definition) is 1. The van der Waals surface area contributed by atoms with Gasteiger partial charge in [-0.25, -0.2) is 0 Å². The third-order valence-corrected chi connectivity index (χ3v) is 2.52. The lowest BCUT2D eigenvalue weighted by atomic mass is 10.0. The average Bonchev–Trinajstić information content (AvgIpc) is 2.29.